The molecule has 0 N–H and O–H groups in total. The van der Waals surface area contributed by atoms with Crippen LogP contribution in [0.25, 0.3) is 0 Å². The smallest absolute Gasteiger partial charge is 0.332 e. The van der Waals surface area contributed by atoms with Crippen molar-refractivity contribution in [3.05, 3.63) is 38.8 Å². The summed E-state index contributed by atoms with van der Waals surface area (Å²) in [6.07, 6.45) is 4.64. The van der Waals surface area contributed by atoms with Gasteiger partial charge in [-0.2, -0.15) is 12.6 Å². The third kappa shape index (κ3) is 3.16. The molecule has 0 aromatic carbocycles. The molecule has 0 saturated carbocycles. The summed E-state index contributed by atoms with van der Waals surface area (Å²) in [6, 6.07) is 1.24. The normalized spacial score (nSPS) is 18.2. The fraction of sp³-hybridized carbons (Fsp3) is 0.583. The van der Waals surface area contributed by atoms with Crippen LogP contribution in [0, 0.1) is 15.5 Å². The van der Waals surface area contributed by atoms with Crippen molar-refractivity contribution >= 4 is 18.3 Å². The summed E-state index contributed by atoms with van der Waals surface area (Å²) >= 11 is 4.40. The van der Waals surface area contributed by atoms with E-state index in [0.717, 1.165) is 12.8 Å². The van der Waals surface area contributed by atoms with Gasteiger partial charge in [-0.05, 0) is 18.6 Å². The third-order valence-corrected chi connectivity index (χ3v) is 4.23. The summed E-state index contributed by atoms with van der Waals surface area (Å²) < 4.78 is 7.05. The molecule has 2 heterocycles. The van der Waals surface area contributed by atoms with E-state index in [2.05, 4.69) is 12.6 Å². The van der Waals surface area contributed by atoms with Gasteiger partial charge in [0.15, 0.2) is 0 Å². The predicted molar refractivity (Wildman–Crippen MR) is 73.7 cm³/mol. The minimum Gasteiger partial charge on any atom is -0.381 e. The highest BCUT2D eigenvalue weighted by molar-refractivity contribution is 7.80. The summed E-state index contributed by atoms with van der Waals surface area (Å²) in [5.74, 6) is 0.691. The number of rotatable bonds is 4. The molecule has 0 amide bonds. The van der Waals surface area contributed by atoms with Crippen molar-refractivity contribution in [2.75, 3.05) is 19.0 Å². The van der Waals surface area contributed by atoms with E-state index in [1.54, 1.807) is 10.8 Å². The zero-order valence-corrected chi connectivity index (χ0v) is 11.3. The number of nitrogens with zero attached hydrogens (tertiary/aromatic N) is 2. The van der Waals surface area contributed by atoms with E-state index in [9.17, 15) is 14.9 Å². The second-order valence-electron chi connectivity index (χ2n) is 4.89. The van der Waals surface area contributed by atoms with Crippen LogP contribution in [0.4, 0.5) is 5.69 Å². The van der Waals surface area contributed by atoms with E-state index in [0.29, 0.717) is 25.5 Å². The van der Waals surface area contributed by atoms with Crippen LogP contribution in [0.1, 0.15) is 12.8 Å². The molecule has 1 aromatic rings. The van der Waals surface area contributed by atoms with Crippen LogP contribution in [0.15, 0.2) is 23.3 Å². The molecular formula is C12H16N2O4S. The Hall–Kier alpha value is -1.34. The highest BCUT2D eigenvalue weighted by Crippen LogP contribution is 2.33. The Kier molecular flexibility index (Phi) is 4.26. The second kappa shape index (κ2) is 5.75. The molecule has 19 heavy (non-hydrogen) atoms. The Labute approximate surface area is 115 Å². The van der Waals surface area contributed by atoms with Crippen molar-refractivity contribution in [3.8, 4) is 0 Å². The molecule has 0 spiro atoms. The van der Waals surface area contributed by atoms with E-state index in [1.807, 2.05) is 0 Å². The van der Waals surface area contributed by atoms with Crippen molar-refractivity contribution in [2.24, 2.45) is 5.41 Å². The molecule has 1 aliphatic heterocycles. The van der Waals surface area contributed by atoms with Crippen LogP contribution in [-0.4, -0.2) is 28.5 Å². The van der Waals surface area contributed by atoms with Crippen LogP contribution in [0.2, 0.25) is 0 Å². The van der Waals surface area contributed by atoms with Gasteiger partial charge in [0.05, 0.1) is 11.1 Å². The summed E-state index contributed by atoms with van der Waals surface area (Å²) in [6.45, 7) is 1.98. The highest BCUT2D eigenvalue weighted by Gasteiger charge is 2.31. The van der Waals surface area contributed by atoms with Crippen LogP contribution in [0.5, 0.6) is 0 Å². The van der Waals surface area contributed by atoms with Crippen molar-refractivity contribution in [2.45, 2.75) is 19.4 Å². The minimum absolute atomic E-state index is 0.0235. The van der Waals surface area contributed by atoms with E-state index in [1.165, 1.54) is 12.3 Å². The summed E-state index contributed by atoms with van der Waals surface area (Å²) in [7, 11) is 0. The van der Waals surface area contributed by atoms with Gasteiger partial charge in [-0.25, -0.2) is 0 Å². The fourth-order valence-corrected chi connectivity index (χ4v) is 2.72. The molecule has 1 saturated heterocycles. The summed E-state index contributed by atoms with van der Waals surface area (Å²) in [4.78, 5) is 21.5. The molecule has 7 heteroatoms. The van der Waals surface area contributed by atoms with Crippen LogP contribution in [-0.2, 0) is 11.3 Å². The van der Waals surface area contributed by atoms with Gasteiger partial charge in [0.25, 0.3) is 5.43 Å². The van der Waals surface area contributed by atoms with Crippen LogP contribution < -0.4 is 5.43 Å². The second-order valence-corrected chi connectivity index (χ2v) is 5.21. The molecule has 0 unspecified atom stereocenters. The zero-order valence-electron chi connectivity index (χ0n) is 10.4. The lowest BCUT2D eigenvalue weighted by molar-refractivity contribution is -0.386. The number of pyridine rings is 1. The molecule has 0 bridgehead atoms. The lowest BCUT2D eigenvalue weighted by Gasteiger charge is -2.36. The molecule has 0 atom stereocenters. The molecule has 104 valence electrons. The number of hydrogen-bond acceptors (Lipinski definition) is 5. The minimum atomic E-state index is -0.643. The Morgan fingerprint density at radius 3 is 2.74 bits per heavy atom. The number of nitro groups is 1. The average molecular weight is 284 g/mol. The van der Waals surface area contributed by atoms with E-state index < -0.39 is 10.4 Å². The lowest BCUT2D eigenvalue weighted by atomic mass is 9.82. The van der Waals surface area contributed by atoms with E-state index >= 15 is 0 Å². The molecule has 0 radical (unpaired) electrons. The van der Waals surface area contributed by atoms with Gasteiger partial charge in [0, 0.05) is 37.4 Å². The molecule has 1 aliphatic rings. The predicted octanol–water partition coefficient (Wildman–Crippen LogP) is 1.48. The number of ether oxygens (including phenoxy) is 1. The zero-order chi connectivity index (χ0) is 13.9. The van der Waals surface area contributed by atoms with Gasteiger partial charge in [-0.1, -0.05) is 0 Å². The van der Waals surface area contributed by atoms with Gasteiger partial charge in [-0.3, -0.25) is 14.9 Å². The van der Waals surface area contributed by atoms with Crippen LogP contribution in [0.3, 0.4) is 0 Å². The Bertz CT molecular complexity index is 523. The Balaban J connectivity index is 2.24. The average Bonchev–Trinajstić information content (AvgIpc) is 2.42. The Morgan fingerprint density at radius 1 is 1.47 bits per heavy atom. The first-order valence-corrected chi connectivity index (χ1v) is 6.73. The third-order valence-electron chi connectivity index (χ3n) is 3.56. The molecular weight excluding hydrogens is 268 g/mol. The monoisotopic (exact) mass is 284 g/mol. The van der Waals surface area contributed by atoms with E-state index in [4.69, 9.17) is 4.74 Å². The first kappa shape index (κ1) is 14.1. The molecule has 1 fully saturated rings. The SMILES string of the molecule is O=c1ccn(CC2(CS)CCOCC2)cc1[N+](=O)[O-]. The summed E-state index contributed by atoms with van der Waals surface area (Å²) in [5.41, 5.74) is -0.971. The van der Waals surface area contributed by atoms with Gasteiger partial charge in [-0.15, -0.1) is 0 Å². The van der Waals surface area contributed by atoms with Crippen molar-refractivity contribution < 1.29 is 9.66 Å². The Morgan fingerprint density at radius 2 is 2.16 bits per heavy atom. The molecule has 0 aliphatic carbocycles. The topological polar surface area (TPSA) is 74.4 Å². The maximum absolute atomic E-state index is 11.4. The lowest BCUT2D eigenvalue weighted by Crippen LogP contribution is -2.35. The summed E-state index contributed by atoms with van der Waals surface area (Å²) in [5, 5.41) is 10.8. The number of aromatic nitrogens is 1. The van der Waals surface area contributed by atoms with Crippen molar-refractivity contribution in [1.82, 2.24) is 4.57 Å². The van der Waals surface area contributed by atoms with Crippen LogP contribution >= 0.6 is 12.6 Å². The number of hydrogen-bond donors (Lipinski definition) is 1. The van der Waals surface area contributed by atoms with Gasteiger partial charge >= 0.3 is 5.69 Å². The maximum Gasteiger partial charge on any atom is 0.332 e. The van der Waals surface area contributed by atoms with Gasteiger partial charge in [0.2, 0.25) is 0 Å². The first-order chi connectivity index (χ1) is 9.06. The van der Waals surface area contributed by atoms with Gasteiger partial charge < -0.3 is 9.30 Å². The standard InChI is InChI=1S/C12H16N2O4S/c15-11-1-4-13(7-10(11)14(16)17)8-12(9-19)2-5-18-6-3-12/h1,4,7,19H,2-3,5-6,8-9H2. The van der Waals surface area contributed by atoms with Crippen molar-refractivity contribution in [3.63, 3.8) is 0 Å². The molecule has 1 aromatic heterocycles. The maximum atomic E-state index is 11.4. The molecule has 6 nitrogen and oxygen atoms in total. The number of thiol groups is 1. The van der Waals surface area contributed by atoms with Gasteiger partial charge in [0.1, 0.15) is 0 Å². The molecule has 2 rings (SSSR count). The first-order valence-electron chi connectivity index (χ1n) is 6.09. The van der Waals surface area contributed by atoms with Crippen molar-refractivity contribution in [1.29, 1.82) is 0 Å². The van der Waals surface area contributed by atoms with E-state index in [-0.39, 0.29) is 11.1 Å². The highest BCUT2D eigenvalue weighted by atomic mass is 32.1. The largest absolute Gasteiger partial charge is 0.381 e. The quantitative estimate of drug-likeness (QED) is 0.516. The fourth-order valence-electron chi connectivity index (χ4n) is 2.31.